The highest BCUT2D eigenvalue weighted by Crippen LogP contribution is 2.24. The van der Waals surface area contributed by atoms with Gasteiger partial charge >= 0.3 is 0 Å². The summed E-state index contributed by atoms with van der Waals surface area (Å²) in [5.74, 6) is -1.02. The van der Waals surface area contributed by atoms with Crippen LogP contribution in [0, 0.1) is 11.6 Å². The first-order chi connectivity index (χ1) is 8.24. The molecule has 0 fully saturated rings. The van der Waals surface area contributed by atoms with Gasteiger partial charge in [0, 0.05) is 25.7 Å². The quantitative estimate of drug-likeness (QED) is 0.889. The van der Waals surface area contributed by atoms with E-state index < -0.39 is 11.6 Å². The highest BCUT2D eigenvalue weighted by atomic mass is 19.1. The van der Waals surface area contributed by atoms with Crippen LogP contribution in [0.25, 0.3) is 0 Å². The van der Waals surface area contributed by atoms with E-state index in [0.717, 1.165) is 0 Å². The van der Waals surface area contributed by atoms with E-state index in [4.69, 9.17) is 0 Å². The number of benzene rings is 1. The van der Waals surface area contributed by atoms with Crippen LogP contribution in [0.1, 0.15) is 33.3 Å². The maximum atomic E-state index is 13.9. The number of hydrogen-bond donors (Lipinski definition) is 1. The van der Waals surface area contributed by atoms with Gasteiger partial charge in [-0.2, -0.15) is 0 Å². The molecule has 1 aromatic carbocycles. The molecule has 0 aromatic heterocycles. The Balaban J connectivity index is 2.93. The molecular formula is C14H22F2N2. The van der Waals surface area contributed by atoms with E-state index in [1.807, 2.05) is 27.7 Å². The van der Waals surface area contributed by atoms with Gasteiger partial charge in [0.15, 0.2) is 0 Å². The summed E-state index contributed by atoms with van der Waals surface area (Å²) in [5, 5.41) is 3.21. The molecule has 0 saturated heterocycles. The fraction of sp³-hybridized carbons (Fsp3) is 0.571. The smallest absolute Gasteiger partial charge is 0.149 e. The Hall–Kier alpha value is -1.16. The summed E-state index contributed by atoms with van der Waals surface area (Å²) >= 11 is 0. The Labute approximate surface area is 108 Å². The zero-order valence-electron chi connectivity index (χ0n) is 11.8. The third-order valence-corrected chi connectivity index (χ3v) is 2.76. The second kappa shape index (κ2) is 5.65. The van der Waals surface area contributed by atoms with Crippen LogP contribution in [0.4, 0.5) is 14.5 Å². The van der Waals surface area contributed by atoms with Gasteiger partial charge in [0.2, 0.25) is 0 Å². The lowest BCUT2D eigenvalue weighted by molar-refractivity contribution is 0.422. The van der Waals surface area contributed by atoms with Crippen molar-refractivity contribution in [1.29, 1.82) is 0 Å². The van der Waals surface area contributed by atoms with Crippen molar-refractivity contribution in [3.05, 3.63) is 29.3 Å². The van der Waals surface area contributed by atoms with Gasteiger partial charge in [-0.3, -0.25) is 0 Å². The van der Waals surface area contributed by atoms with E-state index >= 15 is 0 Å². The number of rotatable bonds is 4. The van der Waals surface area contributed by atoms with Gasteiger partial charge in [0.1, 0.15) is 17.3 Å². The van der Waals surface area contributed by atoms with Crippen molar-refractivity contribution >= 4 is 5.69 Å². The lowest BCUT2D eigenvalue weighted by Gasteiger charge is -2.22. The summed E-state index contributed by atoms with van der Waals surface area (Å²) in [4.78, 5) is 1.56. The van der Waals surface area contributed by atoms with Crippen molar-refractivity contribution in [1.82, 2.24) is 5.32 Å². The minimum Gasteiger partial charge on any atom is -0.370 e. The SMILES string of the molecule is CCN(C)c1c(F)cc(CNC(C)(C)C)cc1F. The maximum absolute atomic E-state index is 13.9. The van der Waals surface area contributed by atoms with E-state index in [0.29, 0.717) is 18.7 Å². The van der Waals surface area contributed by atoms with Crippen molar-refractivity contribution in [2.45, 2.75) is 39.8 Å². The highest BCUT2D eigenvalue weighted by molar-refractivity contribution is 5.50. The Bertz CT molecular complexity index is 388. The number of halogens is 2. The van der Waals surface area contributed by atoms with Gasteiger partial charge in [-0.05, 0) is 45.4 Å². The van der Waals surface area contributed by atoms with Crippen molar-refractivity contribution in [3.63, 3.8) is 0 Å². The minimum absolute atomic E-state index is 0.0389. The van der Waals surface area contributed by atoms with Crippen LogP contribution in [-0.4, -0.2) is 19.1 Å². The first kappa shape index (κ1) is 14.9. The summed E-state index contributed by atoms with van der Waals surface area (Å²) < 4.78 is 27.7. The van der Waals surface area contributed by atoms with Crippen LogP contribution >= 0.6 is 0 Å². The largest absolute Gasteiger partial charge is 0.370 e. The second-order valence-corrected chi connectivity index (χ2v) is 5.53. The van der Waals surface area contributed by atoms with Gasteiger partial charge in [-0.25, -0.2) is 8.78 Å². The third kappa shape index (κ3) is 3.95. The fourth-order valence-electron chi connectivity index (χ4n) is 1.61. The molecule has 0 spiro atoms. The van der Waals surface area contributed by atoms with Crippen molar-refractivity contribution in [3.8, 4) is 0 Å². The molecule has 0 unspecified atom stereocenters. The highest BCUT2D eigenvalue weighted by Gasteiger charge is 2.15. The Morgan fingerprint density at radius 3 is 2.06 bits per heavy atom. The normalized spacial score (nSPS) is 11.7. The molecule has 0 aliphatic heterocycles. The van der Waals surface area contributed by atoms with Crippen LogP contribution in [0.5, 0.6) is 0 Å². The molecule has 1 aromatic rings. The Morgan fingerprint density at radius 2 is 1.67 bits per heavy atom. The lowest BCUT2D eigenvalue weighted by Crippen LogP contribution is -2.35. The summed E-state index contributed by atoms with van der Waals surface area (Å²) in [6.07, 6.45) is 0. The van der Waals surface area contributed by atoms with Crippen molar-refractivity contribution in [2.75, 3.05) is 18.5 Å². The van der Waals surface area contributed by atoms with Gasteiger partial charge in [-0.15, -0.1) is 0 Å². The molecule has 1 rings (SSSR count). The van der Waals surface area contributed by atoms with E-state index in [9.17, 15) is 8.78 Å². The standard InChI is InChI=1S/C14H22F2N2/c1-6-18(5)13-11(15)7-10(8-12(13)16)9-17-14(2,3)4/h7-8,17H,6,9H2,1-5H3. The summed E-state index contributed by atoms with van der Waals surface area (Å²) in [6.45, 7) is 8.91. The third-order valence-electron chi connectivity index (χ3n) is 2.76. The second-order valence-electron chi connectivity index (χ2n) is 5.53. The van der Waals surface area contributed by atoms with E-state index in [1.54, 1.807) is 11.9 Å². The molecule has 0 aliphatic rings. The first-order valence-electron chi connectivity index (χ1n) is 6.18. The topological polar surface area (TPSA) is 15.3 Å². The molecule has 2 nitrogen and oxygen atoms in total. The van der Waals surface area contributed by atoms with Crippen LogP contribution in [-0.2, 0) is 6.54 Å². The van der Waals surface area contributed by atoms with Gasteiger partial charge in [0.05, 0.1) is 0 Å². The predicted octanol–water partition coefficient (Wildman–Crippen LogP) is 3.31. The van der Waals surface area contributed by atoms with Crippen LogP contribution < -0.4 is 10.2 Å². The monoisotopic (exact) mass is 256 g/mol. The van der Waals surface area contributed by atoms with Crippen molar-refractivity contribution < 1.29 is 8.78 Å². The molecule has 1 N–H and O–H groups in total. The first-order valence-corrected chi connectivity index (χ1v) is 6.18. The van der Waals surface area contributed by atoms with Gasteiger partial charge < -0.3 is 10.2 Å². The number of nitrogens with one attached hydrogen (secondary N) is 1. The van der Waals surface area contributed by atoms with Crippen molar-refractivity contribution in [2.24, 2.45) is 0 Å². The summed E-state index contributed by atoms with van der Waals surface area (Å²) in [6, 6.07) is 2.78. The molecule has 0 heterocycles. The Kier molecular flexibility index (Phi) is 4.68. The van der Waals surface area contributed by atoms with Gasteiger partial charge in [0.25, 0.3) is 0 Å². The summed E-state index contributed by atoms with van der Waals surface area (Å²) in [5.41, 5.74) is 0.580. The van der Waals surface area contributed by atoms with Gasteiger partial charge in [-0.1, -0.05) is 0 Å². The predicted molar refractivity (Wildman–Crippen MR) is 71.9 cm³/mol. The minimum atomic E-state index is -0.509. The molecule has 0 bridgehead atoms. The molecule has 102 valence electrons. The van der Waals surface area contributed by atoms with E-state index in [2.05, 4.69) is 5.32 Å². The molecule has 0 aliphatic carbocycles. The zero-order valence-corrected chi connectivity index (χ0v) is 11.8. The molecular weight excluding hydrogens is 234 g/mol. The molecule has 0 radical (unpaired) electrons. The van der Waals surface area contributed by atoms with E-state index in [-0.39, 0.29) is 11.2 Å². The lowest BCUT2D eigenvalue weighted by atomic mass is 10.1. The number of hydrogen-bond acceptors (Lipinski definition) is 2. The average molecular weight is 256 g/mol. The average Bonchev–Trinajstić information content (AvgIpc) is 2.24. The number of nitrogens with zero attached hydrogens (tertiary/aromatic N) is 1. The molecule has 0 atom stereocenters. The maximum Gasteiger partial charge on any atom is 0.149 e. The fourth-order valence-corrected chi connectivity index (χ4v) is 1.61. The molecule has 0 saturated carbocycles. The number of anilines is 1. The Morgan fingerprint density at radius 1 is 1.17 bits per heavy atom. The molecule has 0 amide bonds. The zero-order chi connectivity index (χ0) is 13.9. The van der Waals surface area contributed by atoms with Crippen LogP contribution in [0.2, 0.25) is 0 Å². The van der Waals surface area contributed by atoms with Crippen LogP contribution in [0.15, 0.2) is 12.1 Å². The molecule has 4 heteroatoms. The summed E-state index contributed by atoms with van der Waals surface area (Å²) in [7, 11) is 1.68. The molecule has 18 heavy (non-hydrogen) atoms. The van der Waals surface area contributed by atoms with Crippen LogP contribution in [0.3, 0.4) is 0 Å². The van der Waals surface area contributed by atoms with E-state index in [1.165, 1.54) is 12.1 Å².